The van der Waals surface area contributed by atoms with E-state index in [4.69, 9.17) is 16.0 Å². The topological polar surface area (TPSA) is 9.23 Å². The van der Waals surface area contributed by atoms with Crippen molar-refractivity contribution < 1.29 is 4.43 Å². The summed E-state index contributed by atoms with van der Waals surface area (Å²) in [4.78, 5) is 0. The Morgan fingerprint density at radius 1 is 0.786 bits per heavy atom. The van der Waals surface area contributed by atoms with Gasteiger partial charge < -0.3 is 4.43 Å². The first kappa shape index (κ1) is 19.0. The van der Waals surface area contributed by atoms with Crippen LogP contribution < -0.4 is 10.4 Å². The van der Waals surface area contributed by atoms with E-state index in [2.05, 4.69) is 93.6 Å². The molecule has 0 radical (unpaired) electrons. The molecule has 0 amide bonds. The van der Waals surface area contributed by atoms with E-state index < -0.39 is 8.32 Å². The van der Waals surface area contributed by atoms with Crippen LogP contribution in [-0.2, 0) is 10.8 Å². The molecule has 4 rings (SSSR count). The van der Waals surface area contributed by atoms with Crippen molar-refractivity contribution in [2.75, 3.05) is 0 Å². The Morgan fingerprint density at radius 2 is 1.36 bits per heavy atom. The minimum absolute atomic E-state index is 0.0689. The molecule has 0 unspecified atom stereocenters. The van der Waals surface area contributed by atoms with Gasteiger partial charge >= 0.3 is 8.32 Å². The van der Waals surface area contributed by atoms with Crippen LogP contribution in [-0.4, -0.2) is 8.32 Å². The van der Waals surface area contributed by atoms with Gasteiger partial charge in [-0.25, -0.2) is 0 Å². The van der Waals surface area contributed by atoms with Crippen LogP contribution in [0.1, 0.15) is 31.9 Å². The normalized spacial score (nSPS) is 13.8. The molecule has 3 aromatic carbocycles. The molecule has 1 nitrogen and oxygen atoms in total. The van der Waals surface area contributed by atoms with Crippen molar-refractivity contribution in [3.8, 4) is 0 Å². The van der Waals surface area contributed by atoms with Crippen molar-refractivity contribution in [3.63, 3.8) is 0 Å². The Kier molecular flexibility index (Phi) is 4.94. The second-order valence-electron chi connectivity index (χ2n) is 8.31. The molecule has 0 fully saturated rings. The molecule has 142 valence electrons. The van der Waals surface area contributed by atoms with Crippen LogP contribution in [0.4, 0.5) is 0 Å². The molecule has 0 saturated carbocycles. The quantitative estimate of drug-likeness (QED) is 0.498. The average Bonchev–Trinajstić information content (AvgIpc) is 3.10. The van der Waals surface area contributed by atoms with Crippen LogP contribution in [0.3, 0.4) is 0 Å². The zero-order valence-corrected chi connectivity index (χ0v) is 18.3. The van der Waals surface area contributed by atoms with Crippen LogP contribution >= 0.6 is 11.6 Å². The molecular weight excluding hydrogens is 380 g/mol. The monoisotopic (exact) mass is 404 g/mol. The maximum atomic E-state index is 7.16. The highest BCUT2D eigenvalue weighted by molar-refractivity contribution is 7.00. The summed E-state index contributed by atoms with van der Waals surface area (Å²) in [6, 6.07) is 27.5. The molecule has 1 aliphatic carbocycles. The lowest BCUT2D eigenvalue weighted by atomic mass is 10.1. The van der Waals surface area contributed by atoms with Crippen molar-refractivity contribution in [1.29, 1.82) is 0 Å². The highest BCUT2D eigenvalue weighted by Crippen LogP contribution is 2.42. The van der Waals surface area contributed by atoms with E-state index in [-0.39, 0.29) is 5.04 Å². The zero-order valence-electron chi connectivity index (χ0n) is 16.6. The molecule has 0 saturated heterocycles. The second kappa shape index (κ2) is 7.27. The molecule has 3 heteroatoms. The van der Waals surface area contributed by atoms with Crippen molar-refractivity contribution >= 4 is 36.1 Å². The molecule has 0 heterocycles. The highest BCUT2D eigenvalue weighted by atomic mass is 35.5. The molecule has 0 spiro atoms. The van der Waals surface area contributed by atoms with Crippen LogP contribution in [0.5, 0.6) is 0 Å². The third-order valence-corrected chi connectivity index (χ3v) is 10.8. The minimum atomic E-state index is -2.63. The minimum Gasteiger partial charge on any atom is -0.534 e. The van der Waals surface area contributed by atoms with Gasteiger partial charge in [0.1, 0.15) is 5.76 Å². The van der Waals surface area contributed by atoms with Gasteiger partial charge in [0.2, 0.25) is 0 Å². The number of halogens is 1. The summed E-state index contributed by atoms with van der Waals surface area (Å²) in [5.74, 6) is 0.926. The Bertz CT molecular complexity index is 964. The van der Waals surface area contributed by atoms with E-state index in [9.17, 15) is 0 Å². The molecule has 28 heavy (non-hydrogen) atoms. The summed E-state index contributed by atoms with van der Waals surface area (Å²) in [5, 5.41) is 3.24. The van der Waals surface area contributed by atoms with Gasteiger partial charge in [-0.3, -0.25) is 0 Å². The molecule has 3 aromatic rings. The van der Waals surface area contributed by atoms with Gasteiger partial charge in [-0.2, -0.15) is 0 Å². The van der Waals surface area contributed by atoms with Gasteiger partial charge in [-0.1, -0.05) is 105 Å². The number of benzene rings is 3. The van der Waals surface area contributed by atoms with Gasteiger partial charge in [0.25, 0.3) is 0 Å². The molecule has 0 bridgehead atoms. The van der Waals surface area contributed by atoms with E-state index in [1.807, 2.05) is 12.1 Å². The summed E-state index contributed by atoms with van der Waals surface area (Å²) < 4.78 is 7.16. The van der Waals surface area contributed by atoms with Gasteiger partial charge in [-0.05, 0) is 39.5 Å². The average molecular weight is 405 g/mol. The molecule has 0 aliphatic heterocycles. The maximum absolute atomic E-state index is 7.16. The largest absolute Gasteiger partial charge is 0.534 e. The Balaban J connectivity index is 1.93. The fraction of sp³-hybridized carbons (Fsp3) is 0.200. The smallest absolute Gasteiger partial charge is 0.319 e. The Labute approximate surface area is 173 Å². The molecule has 1 aliphatic rings. The first-order valence-corrected chi connectivity index (χ1v) is 12.0. The predicted octanol–water partition coefficient (Wildman–Crippen LogP) is 5.81. The van der Waals surface area contributed by atoms with E-state index >= 15 is 0 Å². The zero-order chi connectivity index (χ0) is 19.8. The van der Waals surface area contributed by atoms with Gasteiger partial charge in [0, 0.05) is 5.56 Å². The van der Waals surface area contributed by atoms with Crippen LogP contribution in [0, 0.1) is 0 Å². The first-order chi connectivity index (χ1) is 13.4. The first-order valence-electron chi connectivity index (χ1n) is 9.71. The highest BCUT2D eigenvalue weighted by Gasteiger charge is 2.52. The lowest BCUT2D eigenvalue weighted by Gasteiger charge is -2.43. The Hall–Kier alpha value is -2.29. The van der Waals surface area contributed by atoms with E-state index in [1.54, 1.807) is 0 Å². The van der Waals surface area contributed by atoms with Crippen molar-refractivity contribution in [1.82, 2.24) is 0 Å². The van der Waals surface area contributed by atoms with Crippen LogP contribution in [0.2, 0.25) is 10.1 Å². The lowest BCUT2D eigenvalue weighted by Crippen LogP contribution is -2.66. The third-order valence-electron chi connectivity index (χ3n) is 5.53. The second-order valence-corrected chi connectivity index (χ2v) is 12.9. The number of allylic oxidation sites excluding steroid dienone is 1. The third kappa shape index (κ3) is 3.11. The Morgan fingerprint density at radius 3 is 1.89 bits per heavy atom. The molecule has 0 aromatic heterocycles. The lowest BCUT2D eigenvalue weighted by molar-refractivity contribution is 0.474. The van der Waals surface area contributed by atoms with E-state index in [1.165, 1.54) is 15.9 Å². The fourth-order valence-corrected chi connectivity index (χ4v) is 8.96. The summed E-state index contributed by atoms with van der Waals surface area (Å²) >= 11 is 6.59. The summed E-state index contributed by atoms with van der Waals surface area (Å²) in [6.45, 7) is 6.88. The van der Waals surface area contributed by atoms with E-state index in [0.717, 1.165) is 22.8 Å². The molecule has 0 atom stereocenters. The predicted molar refractivity (Wildman–Crippen MR) is 122 cm³/mol. The van der Waals surface area contributed by atoms with Crippen LogP contribution in [0.25, 0.3) is 5.76 Å². The van der Waals surface area contributed by atoms with Crippen LogP contribution in [0.15, 0.2) is 84.9 Å². The van der Waals surface area contributed by atoms with Gasteiger partial charge in [0.05, 0.1) is 5.02 Å². The summed E-state index contributed by atoms with van der Waals surface area (Å²) in [7, 11) is -2.63. The SMILES string of the molecule is CC(C)(C)[Si](OC1=CCc2cccc(Cl)c21)(c1ccccc1)c1ccccc1. The van der Waals surface area contributed by atoms with Crippen molar-refractivity contribution in [3.05, 3.63) is 101 Å². The molecule has 0 N–H and O–H groups in total. The maximum Gasteiger partial charge on any atom is 0.319 e. The number of rotatable bonds is 4. The van der Waals surface area contributed by atoms with Gasteiger partial charge in [-0.15, -0.1) is 0 Å². The number of hydrogen-bond acceptors (Lipinski definition) is 1. The van der Waals surface area contributed by atoms with E-state index in [0.29, 0.717) is 0 Å². The molecular formula is C25H25ClOSi. The number of fused-ring (bicyclic) bond motifs is 1. The fourth-order valence-electron chi connectivity index (χ4n) is 4.23. The van der Waals surface area contributed by atoms with Crippen molar-refractivity contribution in [2.24, 2.45) is 0 Å². The summed E-state index contributed by atoms with van der Waals surface area (Å²) in [5.41, 5.74) is 2.29. The van der Waals surface area contributed by atoms with Gasteiger partial charge in [0.15, 0.2) is 0 Å². The number of hydrogen-bond donors (Lipinski definition) is 0. The van der Waals surface area contributed by atoms with Crippen molar-refractivity contribution in [2.45, 2.75) is 32.2 Å². The standard InChI is InChI=1S/C25H25ClOSi/c1-25(2,3)28(20-12-6-4-7-13-20,21-14-8-5-9-15-21)27-23-18-17-19-11-10-16-22(26)24(19)23/h4-16,18H,17H2,1-3H3. The summed E-state index contributed by atoms with van der Waals surface area (Å²) in [6.07, 6.45) is 3.05.